The molecule has 0 saturated carbocycles. The largest absolute Gasteiger partial charge is 0.306 e. The fraction of sp³-hybridized carbons (Fsp3) is 0.267. The van der Waals surface area contributed by atoms with Gasteiger partial charge < -0.3 is 5.32 Å². The van der Waals surface area contributed by atoms with Crippen molar-refractivity contribution in [3.05, 3.63) is 65.0 Å². The lowest BCUT2D eigenvalue weighted by molar-refractivity contribution is 0.540. The Morgan fingerprint density at radius 2 is 2.00 bits per heavy atom. The molecule has 19 heavy (non-hydrogen) atoms. The van der Waals surface area contributed by atoms with E-state index in [4.69, 9.17) is 0 Å². The van der Waals surface area contributed by atoms with Crippen molar-refractivity contribution < 1.29 is 8.78 Å². The normalized spacial score (nSPS) is 12.4. The molecule has 0 aliphatic carbocycles. The number of pyridine rings is 1. The third-order valence-corrected chi connectivity index (χ3v) is 3.06. The molecule has 4 heteroatoms. The highest BCUT2D eigenvalue weighted by Crippen LogP contribution is 2.26. The van der Waals surface area contributed by atoms with Gasteiger partial charge in [0.15, 0.2) is 0 Å². The molecule has 0 radical (unpaired) electrons. The number of nitrogens with zero attached hydrogens (tertiary/aromatic N) is 1. The van der Waals surface area contributed by atoms with Crippen molar-refractivity contribution in [3.8, 4) is 0 Å². The fourth-order valence-corrected chi connectivity index (χ4v) is 2.14. The SMILES string of the molecule is CCNC(c1ccncc1C)c1ccc(F)cc1F. The van der Waals surface area contributed by atoms with Crippen molar-refractivity contribution in [2.45, 2.75) is 19.9 Å². The summed E-state index contributed by atoms with van der Waals surface area (Å²) >= 11 is 0. The van der Waals surface area contributed by atoms with Crippen molar-refractivity contribution in [2.75, 3.05) is 6.54 Å². The van der Waals surface area contributed by atoms with Crippen molar-refractivity contribution in [1.82, 2.24) is 10.3 Å². The Labute approximate surface area is 111 Å². The molecule has 1 atom stereocenters. The molecule has 2 rings (SSSR count). The van der Waals surface area contributed by atoms with Crippen LogP contribution in [0.1, 0.15) is 29.7 Å². The maximum atomic E-state index is 13.9. The molecular formula is C15H16F2N2. The number of nitrogens with one attached hydrogen (secondary N) is 1. The third kappa shape index (κ3) is 2.96. The summed E-state index contributed by atoms with van der Waals surface area (Å²) in [5, 5.41) is 3.23. The Kier molecular flexibility index (Phi) is 4.22. The van der Waals surface area contributed by atoms with Gasteiger partial charge in [-0.05, 0) is 36.7 Å². The average Bonchev–Trinajstić information content (AvgIpc) is 2.38. The summed E-state index contributed by atoms with van der Waals surface area (Å²) in [6.07, 6.45) is 3.41. The predicted octanol–water partition coefficient (Wildman–Crippen LogP) is 3.37. The van der Waals surface area contributed by atoms with E-state index in [2.05, 4.69) is 10.3 Å². The number of benzene rings is 1. The van der Waals surface area contributed by atoms with Crippen LogP contribution in [0.3, 0.4) is 0 Å². The quantitative estimate of drug-likeness (QED) is 0.913. The van der Waals surface area contributed by atoms with E-state index in [9.17, 15) is 8.78 Å². The Hall–Kier alpha value is -1.81. The lowest BCUT2D eigenvalue weighted by Gasteiger charge is -2.21. The van der Waals surface area contributed by atoms with Crippen LogP contribution in [-0.4, -0.2) is 11.5 Å². The van der Waals surface area contributed by atoms with Crippen LogP contribution in [0.25, 0.3) is 0 Å². The molecule has 2 aromatic rings. The zero-order chi connectivity index (χ0) is 13.8. The minimum absolute atomic E-state index is 0.298. The molecule has 1 aromatic heterocycles. The van der Waals surface area contributed by atoms with Crippen LogP contribution < -0.4 is 5.32 Å². The number of aryl methyl sites for hydroxylation is 1. The molecule has 0 fully saturated rings. The molecule has 0 aliphatic rings. The second-order valence-electron chi connectivity index (χ2n) is 4.39. The molecule has 0 saturated heterocycles. The van der Waals surface area contributed by atoms with E-state index < -0.39 is 11.6 Å². The van der Waals surface area contributed by atoms with Crippen LogP contribution >= 0.6 is 0 Å². The second kappa shape index (κ2) is 5.89. The number of halogens is 2. The highest BCUT2D eigenvalue weighted by molar-refractivity contribution is 5.36. The first-order valence-electron chi connectivity index (χ1n) is 6.22. The van der Waals surface area contributed by atoms with Gasteiger partial charge in [0.1, 0.15) is 11.6 Å². The number of aromatic nitrogens is 1. The van der Waals surface area contributed by atoms with Gasteiger partial charge >= 0.3 is 0 Å². The highest BCUT2D eigenvalue weighted by atomic mass is 19.1. The summed E-state index contributed by atoms with van der Waals surface area (Å²) in [7, 11) is 0. The predicted molar refractivity (Wildman–Crippen MR) is 70.9 cm³/mol. The fourth-order valence-electron chi connectivity index (χ4n) is 2.14. The van der Waals surface area contributed by atoms with E-state index in [1.165, 1.54) is 12.1 Å². The monoisotopic (exact) mass is 262 g/mol. The number of rotatable bonds is 4. The smallest absolute Gasteiger partial charge is 0.131 e. The lowest BCUT2D eigenvalue weighted by atomic mass is 9.96. The molecule has 2 nitrogen and oxygen atoms in total. The summed E-state index contributed by atoms with van der Waals surface area (Å²) in [5.74, 6) is -1.11. The van der Waals surface area contributed by atoms with Gasteiger partial charge in [0.2, 0.25) is 0 Å². The summed E-state index contributed by atoms with van der Waals surface area (Å²) < 4.78 is 27.0. The molecule has 0 spiro atoms. The Morgan fingerprint density at radius 1 is 1.21 bits per heavy atom. The Bertz CT molecular complexity index is 570. The summed E-state index contributed by atoms with van der Waals surface area (Å²) in [5.41, 5.74) is 2.36. The van der Waals surface area contributed by atoms with Crippen molar-refractivity contribution >= 4 is 0 Å². The third-order valence-electron chi connectivity index (χ3n) is 3.06. The van der Waals surface area contributed by atoms with Gasteiger partial charge in [-0.15, -0.1) is 0 Å². The van der Waals surface area contributed by atoms with Crippen LogP contribution in [0.2, 0.25) is 0 Å². The second-order valence-corrected chi connectivity index (χ2v) is 4.39. The molecule has 1 unspecified atom stereocenters. The van der Waals surface area contributed by atoms with Gasteiger partial charge in [-0.2, -0.15) is 0 Å². The topological polar surface area (TPSA) is 24.9 Å². The lowest BCUT2D eigenvalue weighted by Crippen LogP contribution is -2.24. The van der Waals surface area contributed by atoms with E-state index in [1.54, 1.807) is 12.4 Å². The summed E-state index contributed by atoms with van der Waals surface area (Å²) in [6, 6.07) is 5.23. The van der Waals surface area contributed by atoms with E-state index in [0.717, 1.165) is 17.2 Å². The van der Waals surface area contributed by atoms with Gasteiger partial charge in [0.25, 0.3) is 0 Å². The molecule has 0 bridgehead atoms. The zero-order valence-electron chi connectivity index (χ0n) is 11.0. The van der Waals surface area contributed by atoms with Crippen LogP contribution in [0.15, 0.2) is 36.7 Å². The number of hydrogen-bond acceptors (Lipinski definition) is 2. The van der Waals surface area contributed by atoms with Gasteiger partial charge in [-0.1, -0.05) is 13.0 Å². The molecule has 0 amide bonds. The average molecular weight is 262 g/mol. The van der Waals surface area contributed by atoms with Crippen LogP contribution in [-0.2, 0) is 0 Å². The molecular weight excluding hydrogens is 246 g/mol. The molecule has 1 heterocycles. The van der Waals surface area contributed by atoms with Gasteiger partial charge in [-0.3, -0.25) is 4.98 Å². The first kappa shape index (κ1) is 13.6. The Morgan fingerprint density at radius 3 is 2.63 bits per heavy atom. The van der Waals surface area contributed by atoms with E-state index in [0.29, 0.717) is 12.1 Å². The van der Waals surface area contributed by atoms with E-state index in [-0.39, 0.29) is 6.04 Å². The minimum atomic E-state index is -0.567. The zero-order valence-corrected chi connectivity index (χ0v) is 11.0. The first-order chi connectivity index (χ1) is 9.13. The van der Waals surface area contributed by atoms with Gasteiger partial charge in [-0.25, -0.2) is 8.78 Å². The molecule has 0 aliphatic heterocycles. The van der Waals surface area contributed by atoms with Crippen molar-refractivity contribution in [3.63, 3.8) is 0 Å². The van der Waals surface area contributed by atoms with Crippen LogP contribution in [0.4, 0.5) is 8.78 Å². The molecule has 1 N–H and O–H groups in total. The first-order valence-corrected chi connectivity index (χ1v) is 6.22. The molecule has 100 valence electrons. The maximum absolute atomic E-state index is 13.9. The van der Waals surface area contributed by atoms with Gasteiger partial charge in [0, 0.05) is 24.0 Å². The van der Waals surface area contributed by atoms with Crippen LogP contribution in [0.5, 0.6) is 0 Å². The summed E-state index contributed by atoms with van der Waals surface area (Å²) in [6.45, 7) is 4.56. The molecule has 1 aromatic carbocycles. The minimum Gasteiger partial charge on any atom is -0.306 e. The van der Waals surface area contributed by atoms with Crippen molar-refractivity contribution in [2.24, 2.45) is 0 Å². The van der Waals surface area contributed by atoms with E-state index >= 15 is 0 Å². The standard InChI is InChI=1S/C15H16F2N2/c1-3-19-15(12-6-7-18-9-10(12)2)13-5-4-11(16)8-14(13)17/h4-9,15,19H,3H2,1-2H3. The number of hydrogen-bond donors (Lipinski definition) is 1. The van der Waals surface area contributed by atoms with E-state index in [1.807, 2.05) is 19.9 Å². The Balaban J connectivity index is 2.48. The maximum Gasteiger partial charge on any atom is 0.131 e. The summed E-state index contributed by atoms with van der Waals surface area (Å²) in [4.78, 5) is 4.04. The van der Waals surface area contributed by atoms with Crippen molar-refractivity contribution in [1.29, 1.82) is 0 Å². The highest BCUT2D eigenvalue weighted by Gasteiger charge is 2.19. The van der Waals surface area contributed by atoms with Gasteiger partial charge in [0.05, 0.1) is 6.04 Å². The van der Waals surface area contributed by atoms with Crippen LogP contribution in [0, 0.1) is 18.6 Å².